The van der Waals surface area contributed by atoms with Crippen molar-refractivity contribution < 1.29 is 4.79 Å². The summed E-state index contributed by atoms with van der Waals surface area (Å²) >= 11 is 9.28. The van der Waals surface area contributed by atoms with E-state index in [2.05, 4.69) is 0 Å². The van der Waals surface area contributed by atoms with Crippen molar-refractivity contribution in [3.8, 4) is 0 Å². The zero-order chi connectivity index (χ0) is 12.5. The van der Waals surface area contributed by atoms with Gasteiger partial charge in [-0.25, -0.2) is 0 Å². The average molecular weight is 293 g/mol. The molecule has 18 heavy (non-hydrogen) atoms. The standard InChI is InChI=1S/C14H9ClOS2/c15-10-3-4-13-12(7-10)14(16)9(8-18-13)6-11-2-1-5-17-11/h1-7H,8H2/b9-6+. The molecule has 2 heterocycles. The van der Waals surface area contributed by atoms with E-state index in [4.69, 9.17) is 11.6 Å². The molecule has 0 spiro atoms. The van der Waals surface area contributed by atoms with Gasteiger partial charge in [0.1, 0.15) is 0 Å². The van der Waals surface area contributed by atoms with Crippen molar-refractivity contribution in [2.75, 3.05) is 5.75 Å². The van der Waals surface area contributed by atoms with Crippen LogP contribution in [0.1, 0.15) is 15.2 Å². The zero-order valence-corrected chi connectivity index (χ0v) is 11.7. The number of ketones is 1. The monoisotopic (exact) mass is 292 g/mol. The van der Waals surface area contributed by atoms with Crippen LogP contribution in [0.25, 0.3) is 6.08 Å². The fourth-order valence-corrected chi connectivity index (χ4v) is 3.70. The minimum Gasteiger partial charge on any atom is -0.289 e. The van der Waals surface area contributed by atoms with Crippen LogP contribution in [-0.2, 0) is 0 Å². The Balaban J connectivity index is 2.01. The molecule has 3 rings (SSSR count). The number of carbonyl (C=O) groups is 1. The lowest BCUT2D eigenvalue weighted by molar-refractivity contribution is 0.103. The van der Waals surface area contributed by atoms with Crippen molar-refractivity contribution >= 4 is 46.6 Å². The van der Waals surface area contributed by atoms with Crippen molar-refractivity contribution in [1.29, 1.82) is 0 Å². The summed E-state index contributed by atoms with van der Waals surface area (Å²) in [5.74, 6) is 0.824. The first kappa shape index (κ1) is 12.0. The highest BCUT2D eigenvalue weighted by atomic mass is 35.5. The van der Waals surface area contributed by atoms with Crippen LogP contribution in [0.3, 0.4) is 0 Å². The summed E-state index contributed by atoms with van der Waals surface area (Å²) in [6.07, 6.45) is 1.98. The van der Waals surface area contributed by atoms with E-state index >= 15 is 0 Å². The summed E-state index contributed by atoms with van der Waals surface area (Å²) in [6.45, 7) is 0. The summed E-state index contributed by atoms with van der Waals surface area (Å²) in [5, 5.41) is 2.62. The topological polar surface area (TPSA) is 17.1 Å². The minimum absolute atomic E-state index is 0.0969. The maximum Gasteiger partial charge on any atom is 0.191 e. The van der Waals surface area contributed by atoms with E-state index in [1.165, 1.54) is 0 Å². The van der Waals surface area contributed by atoms with E-state index in [9.17, 15) is 4.79 Å². The highest BCUT2D eigenvalue weighted by molar-refractivity contribution is 7.99. The lowest BCUT2D eigenvalue weighted by atomic mass is 10.0. The first-order chi connectivity index (χ1) is 8.74. The first-order valence-electron chi connectivity index (χ1n) is 5.45. The molecule has 0 saturated carbocycles. The highest BCUT2D eigenvalue weighted by Gasteiger charge is 2.22. The van der Waals surface area contributed by atoms with Gasteiger partial charge in [-0.1, -0.05) is 17.7 Å². The number of carbonyl (C=O) groups excluding carboxylic acids is 1. The van der Waals surface area contributed by atoms with Crippen molar-refractivity contribution in [2.45, 2.75) is 4.90 Å². The Morgan fingerprint density at radius 3 is 2.94 bits per heavy atom. The van der Waals surface area contributed by atoms with Gasteiger partial charge in [-0.3, -0.25) is 4.79 Å². The fourth-order valence-electron chi connectivity index (χ4n) is 1.85. The smallest absolute Gasteiger partial charge is 0.191 e. The molecule has 0 N–H and O–H groups in total. The number of thioether (sulfide) groups is 1. The Bertz CT molecular complexity index is 629. The normalized spacial score (nSPS) is 16.9. The molecule has 0 radical (unpaired) electrons. The lowest BCUT2D eigenvalue weighted by Gasteiger charge is -2.16. The molecular formula is C14H9ClOS2. The van der Waals surface area contributed by atoms with Crippen molar-refractivity contribution in [1.82, 2.24) is 0 Å². The second-order valence-corrected chi connectivity index (χ2v) is 6.38. The third kappa shape index (κ3) is 2.26. The van der Waals surface area contributed by atoms with E-state index in [1.54, 1.807) is 29.2 Å². The predicted molar refractivity (Wildman–Crippen MR) is 78.8 cm³/mol. The van der Waals surface area contributed by atoms with Crippen LogP contribution in [0.5, 0.6) is 0 Å². The third-order valence-corrected chi connectivity index (χ3v) is 4.90. The number of thiophene rings is 1. The molecule has 0 amide bonds. The summed E-state index contributed by atoms with van der Waals surface area (Å²) in [7, 11) is 0. The molecule has 4 heteroatoms. The van der Waals surface area contributed by atoms with E-state index < -0.39 is 0 Å². The maximum absolute atomic E-state index is 12.4. The Morgan fingerprint density at radius 2 is 2.17 bits per heavy atom. The van der Waals surface area contributed by atoms with Crippen LogP contribution in [0.2, 0.25) is 5.02 Å². The molecular weight excluding hydrogens is 284 g/mol. The molecule has 1 aliphatic heterocycles. The summed E-state index contributed by atoms with van der Waals surface area (Å²) in [4.78, 5) is 14.5. The second kappa shape index (κ2) is 4.92. The number of hydrogen-bond acceptors (Lipinski definition) is 3. The summed E-state index contributed by atoms with van der Waals surface area (Å²) in [6, 6.07) is 9.51. The van der Waals surface area contributed by atoms with Crippen LogP contribution >= 0.6 is 34.7 Å². The van der Waals surface area contributed by atoms with E-state index in [0.29, 0.717) is 5.02 Å². The highest BCUT2D eigenvalue weighted by Crippen LogP contribution is 2.35. The number of halogens is 1. The first-order valence-corrected chi connectivity index (χ1v) is 7.69. The Morgan fingerprint density at radius 1 is 1.28 bits per heavy atom. The molecule has 0 atom stereocenters. The minimum atomic E-state index is 0.0969. The molecule has 0 saturated heterocycles. The Kier molecular flexibility index (Phi) is 3.29. The molecule has 2 aromatic rings. The van der Waals surface area contributed by atoms with Crippen LogP contribution in [0.15, 0.2) is 46.2 Å². The van der Waals surface area contributed by atoms with E-state index in [1.807, 2.05) is 35.7 Å². The Labute approximate surface area is 118 Å². The molecule has 1 aromatic carbocycles. The maximum atomic E-state index is 12.4. The Hall–Kier alpha value is -1.03. The molecule has 1 aliphatic rings. The lowest BCUT2D eigenvalue weighted by Crippen LogP contribution is -2.12. The van der Waals surface area contributed by atoms with Crippen molar-refractivity contribution in [2.24, 2.45) is 0 Å². The van der Waals surface area contributed by atoms with Gasteiger partial charge in [-0.15, -0.1) is 23.1 Å². The van der Waals surface area contributed by atoms with Crippen LogP contribution < -0.4 is 0 Å². The third-order valence-electron chi connectivity index (χ3n) is 2.72. The van der Waals surface area contributed by atoms with Gasteiger partial charge in [0, 0.05) is 31.7 Å². The number of rotatable bonds is 1. The molecule has 1 nitrogen and oxygen atoms in total. The van der Waals surface area contributed by atoms with Crippen molar-refractivity contribution in [3.05, 3.63) is 56.7 Å². The molecule has 0 fully saturated rings. The SMILES string of the molecule is O=C1/C(=C/c2cccs2)CSc2ccc(Cl)cc21. The number of Topliss-reactive ketones (excluding diaryl/α,β-unsaturated/α-hetero) is 1. The fraction of sp³-hybridized carbons (Fsp3) is 0.0714. The molecule has 90 valence electrons. The van der Waals surface area contributed by atoms with E-state index in [-0.39, 0.29) is 5.78 Å². The van der Waals surface area contributed by atoms with Gasteiger partial charge < -0.3 is 0 Å². The summed E-state index contributed by atoms with van der Waals surface area (Å²) in [5.41, 5.74) is 1.57. The van der Waals surface area contributed by atoms with Gasteiger partial charge in [-0.2, -0.15) is 0 Å². The molecule has 0 aliphatic carbocycles. The molecule has 1 aromatic heterocycles. The number of hydrogen-bond donors (Lipinski definition) is 0. The largest absolute Gasteiger partial charge is 0.289 e. The van der Waals surface area contributed by atoms with Crippen LogP contribution in [-0.4, -0.2) is 11.5 Å². The zero-order valence-electron chi connectivity index (χ0n) is 9.35. The van der Waals surface area contributed by atoms with Gasteiger partial charge in [-0.05, 0) is 35.7 Å². The summed E-state index contributed by atoms with van der Waals surface area (Å²) < 4.78 is 0. The van der Waals surface area contributed by atoms with Gasteiger partial charge in [0.25, 0.3) is 0 Å². The second-order valence-electron chi connectivity index (χ2n) is 3.94. The number of fused-ring (bicyclic) bond motifs is 1. The predicted octanol–water partition coefficient (Wildman–Crippen LogP) is 4.77. The van der Waals surface area contributed by atoms with Gasteiger partial charge in [0.15, 0.2) is 5.78 Å². The average Bonchev–Trinajstić information content (AvgIpc) is 2.86. The molecule has 0 unspecified atom stereocenters. The quantitative estimate of drug-likeness (QED) is 0.704. The molecule has 0 bridgehead atoms. The van der Waals surface area contributed by atoms with Crippen molar-refractivity contribution in [3.63, 3.8) is 0 Å². The van der Waals surface area contributed by atoms with Gasteiger partial charge in [0.2, 0.25) is 0 Å². The van der Waals surface area contributed by atoms with Gasteiger partial charge >= 0.3 is 0 Å². The number of benzene rings is 1. The van der Waals surface area contributed by atoms with E-state index in [0.717, 1.165) is 26.7 Å². The van der Waals surface area contributed by atoms with Crippen LogP contribution in [0, 0.1) is 0 Å². The van der Waals surface area contributed by atoms with Crippen LogP contribution in [0.4, 0.5) is 0 Å². The van der Waals surface area contributed by atoms with Gasteiger partial charge in [0.05, 0.1) is 0 Å².